The van der Waals surface area contributed by atoms with Gasteiger partial charge in [0.25, 0.3) is 0 Å². The number of aliphatic hydroxyl groups excluding tert-OH is 1. The Hall–Kier alpha value is -1.10. The average molecular weight is 298 g/mol. The van der Waals surface area contributed by atoms with Gasteiger partial charge in [0.05, 0.1) is 6.10 Å². The fraction of sp³-hybridized carbons (Fsp3) is 0.875. The summed E-state index contributed by atoms with van der Waals surface area (Å²) in [5, 5.41) is 9.36. The maximum Gasteiger partial charge on any atom is 0.245 e. The average Bonchev–Trinajstić information content (AvgIpc) is 2.42. The van der Waals surface area contributed by atoms with E-state index in [1.54, 1.807) is 23.8 Å². The highest BCUT2D eigenvalue weighted by atomic mass is 16.3. The molecule has 0 saturated carbocycles. The third-order valence-corrected chi connectivity index (χ3v) is 3.97. The summed E-state index contributed by atoms with van der Waals surface area (Å²) in [5.41, 5.74) is 0. The highest BCUT2D eigenvalue weighted by Gasteiger charge is 2.33. The van der Waals surface area contributed by atoms with Crippen molar-refractivity contribution < 1.29 is 14.7 Å². The van der Waals surface area contributed by atoms with Crippen molar-refractivity contribution >= 4 is 11.8 Å². The Bertz CT molecular complexity index is 355. The van der Waals surface area contributed by atoms with Crippen LogP contribution in [-0.4, -0.2) is 59.0 Å². The van der Waals surface area contributed by atoms with Gasteiger partial charge in [-0.05, 0) is 38.5 Å². The molecule has 1 heterocycles. The maximum atomic E-state index is 12.7. The summed E-state index contributed by atoms with van der Waals surface area (Å²) < 4.78 is 0. The van der Waals surface area contributed by atoms with E-state index in [1.807, 2.05) is 0 Å². The quantitative estimate of drug-likeness (QED) is 0.777. The van der Waals surface area contributed by atoms with E-state index in [0.717, 1.165) is 12.8 Å². The largest absolute Gasteiger partial charge is 0.393 e. The number of carbonyl (C=O) groups excluding carboxylic acids is 2. The van der Waals surface area contributed by atoms with Crippen LogP contribution in [0.2, 0.25) is 0 Å². The smallest absolute Gasteiger partial charge is 0.245 e. The van der Waals surface area contributed by atoms with Gasteiger partial charge in [-0.1, -0.05) is 13.8 Å². The molecule has 1 saturated heterocycles. The Morgan fingerprint density at radius 2 is 2.00 bits per heavy atom. The van der Waals surface area contributed by atoms with Crippen molar-refractivity contribution in [3.63, 3.8) is 0 Å². The molecule has 0 aromatic carbocycles. The predicted octanol–water partition coefficient (Wildman–Crippen LogP) is 1.64. The van der Waals surface area contributed by atoms with Crippen LogP contribution in [0.15, 0.2) is 0 Å². The molecule has 0 aromatic heterocycles. The predicted molar refractivity (Wildman–Crippen MR) is 82.7 cm³/mol. The maximum absolute atomic E-state index is 12.7. The van der Waals surface area contributed by atoms with E-state index in [1.165, 1.54) is 0 Å². The monoisotopic (exact) mass is 298 g/mol. The molecule has 1 fully saturated rings. The van der Waals surface area contributed by atoms with Crippen molar-refractivity contribution in [3.05, 3.63) is 0 Å². The van der Waals surface area contributed by atoms with Crippen molar-refractivity contribution in [2.24, 2.45) is 5.92 Å². The van der Waals surface area contributed by atoms with Crippen molar-refractivity contribution in [1.82, 2.24) is 9.80 Å². The van der Waals surface area contributed by atoms with Crippen LogP contribution in [0.1, 0.15) is 52.9 Å². The molecule has 0 aliphatic carbocycles. The van der Waals surface area contributed by atoms with Crippen molar-refractivity contribution in [1.29, 1.82) is 0 Å². The van der Waals surface area contributed by atoms with Gasteiger partial charge in [-0.2, -0.15) is 0 Å². The lowest BCUT2D eigenvalue weighted by molar-refractivity contribution is -0.147. The zero-order valence-corrected chi connectivity index (χ0v) is 13.8. The van der Waals surface area contributed by atoms with Gasteiger partial charge in [-0.15, -0.1) is 0 Å². The van der Waals surface area contributed by atoms with E-state index in [2.05, 4.69) is 13.8 Å². The Balaban J connectivity index is 2.75. The highest BCUT2D eigenvalue weighted by Crippen LogP contribution is 2.20. The molecular formula is C16H30N2O3. The molecular weight excluding hydrogens is 268 g/mol. The standard InChI is InChI=1S/C16H30N2O3/c1-12(2)11-14(18-9-6-5-7-15(18)20)16(21)17(4)10-8-13(3)19/h12-14,19H,5-11H2,1-4H3. The van der Waals surface area contributed by atoms with Gasteiger partial charge < -0.3 is 14.9 Å². The van der Waals surface area contributed by atoms with Crippen LogP contribution >= 0.6 is 0 Å². The van der Waals surface area contributed by atoms with Crippen molar-refractivity contribution in [2.45, 2.75) is 65.0 Å². The van der Waals surface area contributed by atoms with Crippen LogP contribution in [0.4, 0.5) is 0 Å². The molecule has 0 aromatic rings. The second kappa shape index (κ2) is 8.37. The molecule has 2 amide bonds. The molecule has 0 radical (unpaired) electrons. The summed E-state index contributed by atoms with van der Waals surface area (Å²) in [4.78, 5) is 28.2. The summed E-state index contributed by atoms with van der Waals surface area (Å²) in [6.07, 6.45) is 3.30. The Labute approximate surface area is 128 Å². The molecule has 1 aliphatic heterocycles. The van der Waals surface area contributed by atoms with Crippen LogP contribution in [0.5, 0.6) is 0 Å². The minimum Gasteiger partial charge on any atom is -0.393 e. The number of rotatable bonds is 7. The SMILES string of the molecule is CC(C)CC(C(=O)N(C)CCC(C)O)N1CCCCC1=O. The van der Waals surface area contributed by atoms with Gasteiger partial charge in [0.15, 0.2) is 0 Å². The summed E-state index contributed by atoms with van der Waals surface area (Å²) in [5.74, 6) is 0.461. The first kappa shape index (κ1) is 18.0. The van der Waals surface area contributed by atoms with Gasteiger partial charge in [-0.3, -0.25) is 9.59 Å². The lowest BCUT2D eigenvalue weighted by Gasteiger charge is -2.36. The highest BCUT2D eigenvalue weighted by molar-refractivity contribution is 5.87. The number of hydrogen-bond donors (Lipinski definition) is 1. The summed E-state index contributed by atoms with van der Waals surface area (Å²) in [6, 6.07) is -0.350. The zero-order valence-electron chi connectivity index (χ0n) is 13.8. The lowest BCUT2D eigenvalue weighted by atomic mass is 9.98. The fourth-order valence-electron chi connectivity index (χ4n) is 2.71. The topological polar surface area (TPSA) is 60.9 Å². The fourth-order valence-corrected chi connectivity index (χ4v) is 2.71. The van der Waals surface area contributed by atoms with E-state index < -0.39 is 6.10 Å². The van der Waals surface area contributed by atoms with Crippen LogP contribution < -0.4 is 0 Å². The Morgan fingerprint density at radius 3 is 2.52 bits per heavy atom. The number of amides is 2. The molecule has 21 heavy (non-hydrogen) atoms. The zero-order chi connectivity index (χ0) is 16.0. The van der Waals surface area contributed by atoms with Gasteiger partial charge >= 0.3 is 0 Å². The van der Waals surface area contributed by atoms with Crippen LogP contribution in [0.3, 0.4) is 0 Å². The number of aliphatic hydroxyl groups is 1. The molecule has 2 unspecified atom stereocenters. The molecule has 1 rings (SSSR count). The number of carbonyl (C=O) groups is 2. The van der Waals surface area contributed by atoms with E-state index in [9.17, 15) is 14.7 Å². The number of nitrogens with zero attached hydrogens (tertiary/aromatic N) is 2. The Kier molecular flexibility index (Phi) is 7.15. The molecule has 122 valence electrons. The Morgan fingerprint density at radius 1 is 1.33 bits per heavy atom. The molecule has 0 spiro atoms. The van der Waals surface area contributed by atoms with Crippen molar-refractivity contribution in [2.75, 3.05) is 20.1 Å². The van der Waals surface area contributed by atoms with Crippen LogP contribution in [-0.2, 0) is 9.59 Å². The minimum atomic E-state index is -0.416. The lowest BCUT2D eigenvalue weighted by Crippen LogP contribution is -2.52. The number of piperidine rings is 1. The van der Waals surface area contributed by atoms with Gasteiger partial charge in [-0.25, -0.2) is 0 Å². The molecule has 5 heteroatoms. The normalized spacial score (nSPS) is 18.8. The van der Waals surface area contributed by atoms with E-state index in [4.69, 9.17) is 0 Å². The molecule has 5 nitrogen and oxygen atoms in total. The van der Waals surface area contributed by atoms with Crippen LogP contribution in [0, 0.1) is 5.92 Å². The number of hydrogen-bond acceptors (Lipinski definition) is 3. The van der Waals surface area contributed by atoms with Crippen molar-refractivity contribution in [3.8, 4) is 0 Å². The van der Waals surface area contributed by atoms with Gasteiger partial charge in [0, 0.05) is 26.6 Å². The number of likely N-dealkylation sites (tertiary alicyclic amines) is 1. The molecule has 2 atom stereocenters. The van der Waals surface area contributed by atoms with Gasteiger partial charge in [0.1, 0.15) is 6.04 Å². The summed E-state index contributed by atoms with van der Waals surface area (Å²) >= 11 is 0. The van der Waals surface area contributed by atoms with Gasteiger partial charge in [0.2, 0.25) is 11.8 Å². The van der Waals surface area contributed by atoms with E-state index in [-0.39, 0.29) is 17.9 Å². The third kappa shape index (κ3) is 5.65. The summed E-state index contributed by atoms with van der Waals surface area (Å²) in [7, 11) is 1.76. The first-order valence-corrected chi connectivity index (χ1v) is 8.05. The van der Waals surface area contributed by atoms with Crippen LogP contribution in [0.25, 0.3) is 0 Å². The molecule has 1 N–H and O–H groups in total. The van der Waals surface area contributed by atoms with E-state index in [0.29, 0.717) is 38.3 Å². The molecule has 0 bridgehead atoms. The second-order valence-electron chi connectivity index (χ2n) is 6.59. The summed E-state index contributed by atoms with van der Waals surface area (Å²) in [6.45, 7) is 7.08. The third-order valence-electron chi connectivity index (χ3n) is 3.97. The number of likely N-dealkylation sites (N-methyl/N-ethyl adjacent to an activating group) is 1. The second-order valence-corrected chi connectivity index (χ2v) is 6.59. The first-order valence-electron chi connectivity index (χ1n) is 8.05. The van der Waals surface area contributed by atoms with E-state index >= 15 is 0 Å². The minimum absolute atomic E-state index is 0.000370. The molecule has 1 aliphatic rings. The first-order chi connectivity index (χ1) is 9.82.